The summed E-state index contributed by atoms with van der Waals surface area (Å²) in [4.78, 5) is 5.43. The fraction of sp³-hybridized carbons (Fsp3) is 0.526. The van der Waals surface area contributed by atoms with Crippen molar-refractivity contribution < 1.29 is 17.9 Å². The molecule has 0 spiro atoms. The van der Waals surface area contributed by atoms with Crippen molar-refractivity contribution in [2.24, 2.45) is 0 Å². The van der Waals surface area contributed by atoms with E-state index < -0.39 is 26.8 Å². The summed E-state index contributed by atoms with van der Waals surface area (Å²) in [6.07, 6.45) is 4.93. The van der Waals surface area contributed by atoms with Crippen molar-refractivity contribution in [3.05, 3.63) is 34.5 Å². The molecule has 166 valence electrons. The molecule has 0 radical (unpaired) electrons. The van der Waals surface area contributed by atoms with E-state index in [1.165, 1.54) is 6.20 Å². The van der Waals surface area contributed by atoms with Crippen LogP contribution < -0.4 is 10.0 Å². The first-order valence-electron chi connectivity index (χ1n) is 9.73. The third kappa shape index (κ3) is 5.61. The second-order valence-corrected chi connectivity index (χ2v) is 10.5. The largest absolute Gasteiger partial charge is 0.392 e. The van der Waals surface area contributed by atoms with Crippen molar-refractivity contribution in [2.75, 3.05) is 23.6 Å². The van der Waals surface area contributed by atoms with Crippen molar-refractivity contribution in [3.8, 4) is 0 Å². The van der Waals surface area contributed by atoms with E-state index in [2.05, 4.69) is 19.9 Å². The minimum absolute atomic E-state index is 0.00954. The standard InChI is InChI=1S/C19H26ClFN4O3S2/c1-12(26)11-25(2)17-6-4-3-5-15(17)23-16-10-14(21)18(9-13(16)20)30(27,28)24-19-22-7-8-29-19/h7-10,12,15,17,23,26H,3-6,11H2,1-2H3,(H,22,24)/t12-,15+,17+/m1/s1. The van der Waals surface area contributed by atoms with Crippen molar-refractivity contribution >= 4 is 43.8 Å². The van der Waals surface area contributed by atoms with Crippen LogP contribution in [0.4, 0.5) is 15.2 Å². The van der Waals surface area contributed by atoms with Crippen LogP contribution in [0.1, 0.15) is 32.6 Å². The molecule has 7 nitrogen and oxygen atoms in total. The molecule has 1 aromatic carbocycles. The molecule has 1 aromatic heterocycles. The van der Waals surface area contributed by atoms with Crippen LogP contribution in [-0.4, -0.2) is 55.2 Å². The van der Waals surface area contributed by atoms with Gasteiger partial charge < -0.3 is 10.4 Å². The minimum Gasteiger partial charge on any atom is -0.392 e. The molecule has 0 bridgehead atoms. The van der Waals surface area contributed by atoms with Crippen molar-refractivity contribution in [1.29, 1.82) is 0 Å². The summed E-state index contributed by atoms with van der Waals surface area (Å²) in [7, 11) is -2.19. The summed E-state index contributed by atoms with van der Waals surface area (Å²) in [5, 5.41) is 14.9. The van der Waals surface area contributed by atoms with Gasteiger partial charge in [0.2, 0.25) is 0 Å². The van der Waals surface area contributed by atoms with Crippen LogP contribution in [0.25, 0.3) is 0 Å². The molecule has 11 heteroatoms. The number of hydrogen-bond acceptors (Lipinski definition) is 7. The minimum atomic E-state index is -4.15. The zero-order chi connectivity index (χ0) is 21.9. The number of nitrogens with one attached hydrogen (secondary N) is 2. The summed E-state index contributed by atoms with van der Waals surface area (Å²) in [5.41, 5.74) is 0.352. The fourth-order valence-corrected chi connectivity index (χ4v) is 6.01. The molecule has 30 heavy (non-hydrogen) atoms. The highest BCUT2D eigenvalue weighted by Crippen LogP contribution is 2.32. The maximum absolute atomic E-state index is 14.8. The van der Waals surface area contributed by atoms with E-state index >= 15 is 0 Å². The Kier molecular flexibility index (Phi) is 7.56. The first-order valence-corrected chi connectivity index (χ1v) is 12.5. The van der Waals surface area contributed by atoms with E-state index in [4.69, 9.17) is 11.6 Å². The van der Waals surface area contributed by atoms with Crippen LogP contribution >= 0.6 is 22.9 Å². The summed E-state index contributed by atoms with van der Waals surface area (Å²) in [5.74, 6) is -0.893. The lowest BCUT2D eigenvalue weighted by atomic mass is 9.89. The van der Waals surface area contributed by atoms with Crippen LogP contribution in [0.5, 0.6) is 0 Å². The molecule has 1 heterocycles. The number of nitrogens with zero attached hydrogens (tertiary/aromatic N) is 2. The highest BCUT2D eigenvalue weighted by molar-refractivity contribution is 7.93. The Morgan fingerprint density at radius 3 is 2.80 bits per heavy atom. The van der Waals surface area contributed by atoms with Gasteiger partial charge in [-0.2, -0.15) is 0 Å². The first kappa shape index (κ1) is 23.2. The normalized spacial score (nSPS) is 20.9. The van der Waals surface area contributed by atoms with Gasteiger partial charge in [-0.15, -0.1) is 11.3 Å². The van der Waals surface area contributed by atoms with Crippen LogP contribution in [0.3, 0.4) is 0 Å². The Balaban J connectivity index is 1.80. The third-order valence-corrected chi connectivity index (χ3v) is 7.64. The molecule has 3 atom stereocenters. The van der Waals surface area contributed by atoms with Crippen LogP contribution in [0, 0.1) is 5.82 Å². The van der Waals surface area contributed by atoms with Crippen molar-refractivity contribution in [3.63, 3.8) is 0 Å². The van der Waals surface area contributed by atoms with Gasteiger partial charge >= 0.3 is 0 Å². The summed E-state index contributed by atoms with van der Waals surface area (Å²) < 4.78 is 42.1. The summed E-state index contributed by atoms with van der Waals surface area (Å²) in [6.45, 7) is 2.28. The lowest BCUT2D eigenvalue weighted by Gasteiger charge is -2.39. The number of sulfonamides is 1. The second kappa shape index (κ2) is 9.78. The van der Waals surface area contributed by atoms with Gasteiger partial charge in [-0.05, 0) is 38.9 Å². The molecule has 1 aliphatic rings. The molecule has 0 aliphatic heterocycles. The average Bonchev–Trinajstić information content (AvgIpc) is 3.16. The molecular weight excluding hydrogens is 451 g/mol. The second-order valence-electron chi connectivity index (χ2n) is 7.60. The zero-order valence-electron chi connectivity index (χ0n) is 16.8. The van der Waals surface area contributed by atoms with Crippen LogP contribution in [0.15, 0.2) is 28.6 Å². The molecule has 3 rings (SSSR count). The Labute approximate surface area is 185 Å². The van der Waals surface area contributed by atoms with E-state index in [1.807, 2.05) is 7.05 Å². The molecule has 1 aliphatic carbocycles. The van der Waals surface area contributed by atoms with E-state index in [0.717, 1.165) is 49.2 Å². The van der Waals surface area contributed by atoms with E-state index in [1.54, 1.807) is 12.3 Å². The molecule has 3 N–H and O–H groups in total. The number of rotatable bonds is 8. The topological polar surface area (TPSA) is 94.6 Å². The average molecular weight is 477 g/mol. The monoisotopic (exact) mass is 476 g/mol. The fourth-order valence-electron chi connectivity index (χ4n) is 3.85. The molecule has 0 saturated heterocycles. The van der Waals surface area contributed by atoms with E-state index in [0.29, 0.717) is 12.2 Å². The number of anilines is 2. The Bertz CT molecular complexity index is 957. The summed E-state index contributed by atoms with van der Waals surface area (Å²) >= 11 is 7.43. The first-order chi connectivity index (χ1) is 14.2. The van der Waals surface area contributed by atoms with Gasteiger partial charge in [0, 0.05) is 30.2 Å². The number of halogens is 2. The SMILES string of the molecule is C[C@@H](O)CN(C)[C@H]1CCCC[C@@H]1Nc1cc(F)c(S(=O)(=O)Nc2nccs2)cc1Cl. The number of aliphatic hydroxyl groups excluding tert-OH is 1. The highest BCUT2D eigenvalue weighted by Gasteiger charge is 2.30. The molecule has 0 unspecified atom stereocenters. The molecule has 0 amide bonds. The summed E-state index contributed by atoms with van der Waals surface area (Å²) in [6, 6.07) is 2.41. The number of aromatic nitrogens is 1. The molecular formula is C19H26ClFN4O3S2. The van der Waals surface area contributed by atoms with Crippen LogP contribution in [-0.2, 0) is 10.0 Å². The van der Waals surface area contributed by atoms with Gasteiger partial charge in [-0.3, -0.25) is 9.62 Å². The molecule has 1 fully saturated rings. The number of hydrogen-bond donors (Lipinski definition) is 3. The molecule has 2 aromatic rings. The van der Waals surface area contributed by atoms with Gasteiger partial charge in [0.1, 0.15) is 10.7 Å². The number of aliphatic hydroxyl groups is 1. The van der Waals surface area contributed by atoms with Crippen molar-refractivity contribution in [1.82, 2.24) is 9.88 Å². The van der Waals surface area contributed by atoms with Crippen LogP contribution in [0.2, 0.25) is 5.02 Å². The maximum Gasteiger partial charge on any atom is 0.266 e. The predicted octanol–water partition coefficient (Wildman–Crippen LogP) is 3.77. The molecule has 1 saturated carbocycles. The van der Waals surface area contributed by atoms with E-state index in [-0.39, 0.29) is 22.2 Å². The Hall–Kier alpha value is -1.46. The highest BCUT2D eigenvalue weighted by atomic mass is 35.5. The predicted molar refractivity (Wildman–Crippen MR) is 118 cm³/mol. The van der Waals surface area contributed by atoms with Crippen molar-refractivity contribution in [2.45, 2.75) is 55.7 Å². The van der Waals surface area contributed by atoms with E-state index in [9.17, 15) is 17.9 Å². The Morgan fingerprint density at radius 2 is 2.13 bits per heavy atom. The maximum atomic E-state index is 14.8. The number of benzene rings is 1. The quantitative estimate of drug-likeness (QED) is 0.537. The lowest BCUT2D eigenvalue weighted by Crippen LogP contribution is -2.49. The van der Waals surface area contributed by atoms with Gasteiger partial charge in [-0.25, -0.2) is 17.8 Å². The number of likely N-dealkylation sites (N-methyl/N-ethyl adjacent to an activating group) is 1. The van der Waals surface area contributed by atoms with Gasteiger partial charge in [0.15, 0.2) is 5.13 Å². The van der Waals surface area contributed by atoms with Gasteiger partial charge in [-0.1, -0.05) is 24.4 Å². The van der Waals surface area contributed by atoms with Gasteiger partial charge in [0.05, 0.1) is 16.8 Å². The smallest absolute Gasteiger partial charge is 0.266 e. The lowest BCUT2D eigenvalue weighted by molar-refractivity contribution is 0.0972. The number of thiazole rings is 1. The third-order valence-electron chi connectivity index (χ3n) is 5.15. The zero-order valence-corrected chi connectivity index (χ0v) is 19.2. The Morgan fingerprint density at radius 1 is 1.40 bits per heavy atom. The van der Waals surface area contributed by atoms with Gasteiger partial charge in [0.25, 0.3) is 10.0 Å².